The molecule has 134 valence electrons. The molecule has 3 rings (SSSR count). The Morgan fingerprint density at radius 3 is 2.35 bits per heavy atom. The van der Waals surface area contributed by atoms with Crippen molar-refractivity contribution >= 4 is 22.7 Å². The summed E-state index contributed by atoms with van der Waals surface area (Å²) in [6, 6.07) is 14.7. The third-order valence-corrected chi connectivity index (χ3v) is 4.35. The van der Waals surface area contributed by atoms with E-state index in [1.54, 1.807) is 25.1 Å². The van der Waals surface area contributed by atoms with Gasteiger partial charge in [-0.25, -0.2) is 4.79 Å². The normalized spacial score (nSPS) is 12.8. The molecule has 5 nitrogen and oxygen atoms in total. The van der Waals surface area contributed by atoms with Crippen LogP contribution in [0.15, 0.2) is 48.5 Å². The predicted molar refractivity (Wildman–Crippen MR) is 100 cm³/mol. The van der Waals surface area contributed by atoms with Crippen molar-refractivity contribution in [3.63, 3.8) is 0 Å². The average Bonchev–Trinajstić information content (AvgIpc) is 3.04. The van der Waals surface area contributed by atoms with E-state index in [2.05, 4.69) is 31.0 Å². The summed E-state index contributed by atoms with van der Waals surface area (Å²) in [5, 5.41) is 7.47. The Labute approximate surface area is 152 Å². The monoisotopic (exact) mass is 350 g/mol. The first-order valence-electron chi connectivity index (χ1n) is 8.56. The molecule has 1 atom stereocenters. The van der Waals surface area contributed by atoms with Gasteiger partial charge in [0.1, 0.15) is 0 Å². The third kappa shape index (κ3) is 3.52. The number of benzene rings is 2. The van der Waals surface area contributed by atoms with Gasteiger partial charge in [-0.15, -0.1) is 0 Å². The summed E-state index contributed by atoms with van der Waals surface area (Å²) in [7, 11) is 0. The maximum absolute atomic E-state index is 12.6. The zero-order chi connectivity index (χ0) is 18.9. The van der Waals surface area contributed by atoms with Crippen LogP contribution in [-0.4, -0.2) is 28.1 Å². The summed E-state index contributed by atoms with van der Waals surface area (Å²) >= 11 is 0. The van der Waals surface area contributed by atoms with Crippen LogP contribution in [0.1, 0.15) is 54.1 Å². The Morgan fingerprint density at radius 1 is 1.04 bits per heavy atom. The molecule has 0 saturated carbocycles. The zero-order valence-electron chi connectivity index (χ0n) is 15.4. The minimum Gasteiger partial charge on any atom is -0.449 e. The molecule has 0 spiro atoms. The third-order valence-electron chi connectivity index (χ3n) is 4.35. The largest absolute Gasteiger partial charge is 0.449 e. The van der Waals surface area contributed by atoms with Crippen LogP contribution in [0.3, 0.4) is 0 Å². The van der Waals surface area contributed by atoms with Gasteiger partial charge in [0.25, 0.3) is 0 Å². The summed E-state index contributed by atoms with van der Waals surface area (Å²) in [4.78, 5) is 25.0. The maximum atomic E-state index is 12.6. The Bertz CT molecular complexity index is 949. The Morgan fingerprint density at radius 2 is 1.69 bits per heavy atom. The molecular weight excluding hydrogens is 328 g/mol. The first kappa shape index (κ1) is 17.9. The summed E-state index contributed by atoms with van der Waals surface area (Å²) < 4.78 is 5.35. The number of carbonyl (C=O) groups is 2. The topological polar surface area (TPSA) is 72.0 Å². The van der Waals surface area contributed by atoms with Crippen molar-refractivity contribution < 1.29 is 14.3 Å². The van der Waals surface area contributed by atoms with Crippen molar-refractivity contribution in [1.29, 1.82) is 0 Å². The predicted octanol–water partition coefficient (Wildman–Crippen LogP) is 4.29. The number of ether oxygens (including phenoxy) is 1. The molecule has 0 aliphatic heterocycles. The van der Waals surface area contributed by atoms with E-state index in [9.17, 15) is 9.59 Å². The molecule has 0 aliphatic carbocycles. The van der Waals surface area contributed by atoms with Gasteiger partial charge in [0.15, 0.2) is 11.8 Å². The molecule has 0 bridgehead atoms. The molecule has 26 heavy (non-hydrogen) atoms. The highest BCUT2D eigenvalue weighted by molar-refractivity contribution is 6.04. The van der Waals surface area contributed by atoms with E-state index in [4.69, 9.17) is 4.74 Å². The molecule has 2 aromatic carbocycles. The fourth-order valence-electron chi connectivity index (χ4n) is 2.76. The Balaban J connectivity index is 1.74. The SMILES string of the molecule is C[C@@H](OC(=O)c1n[nH]c2ccccc12)C(=O)c1ccc(C(C)(C)C)cc1. The highest BCUT2D eigenvalue weighted by Crippen LogP contribution is 2.23. The minimum absolute atomic E-state index is 0.0146. The average molecular weight is 350 g/mol. The van der Waals surface area contributed by atoms with E-state index in [1.807, 2.05) is 30.3 Å². The lowest BCUT2D eigenvalue weighted by Gasteiger charge is -2.19. The second-order valence-electron chi connectivity index (χ2n) is 7.36. The fraction of sp³-hybridized carbons (Fsp3) is 0.286. The molecule has 1 N–H and O–H groups in total. The van der Waals surface area contributed by atoms with Crippen LogP contribution in [0.2, 0.25) is 0 Å². The lowest BCUT2D eigenvalue weighted by Crippen LogP contribution is -2.25. The van der Waals surface area contributed by atoms with E-state index in [0.717, 1.165) is 11.1 Å². The second-order valence-corrected chi connectivity index (χ2v) is 7.36. The number of aromatic nitrogens is 2. The smallest absolute Gasteiger partial charge is 0.360 e. The number of H-pyrrole nitrogens is 1. The van der Waals surface area contributed by atoms with Crippen LogP contribution in [0.5, 0.6) is 0 Å². The standard InChI is InChI=1S/C21H22N2O3/c1-13(19(24)14-9-11-15(12-10-14)21(2,3)4)26-20(25)18-16-7-5-6-8-17(16)22-23-18/h5-13H,1-4H3,(H,22,23)/t13-/m1/s1. The van der Waals surface area contributed by atoms with Gasteiger partial charge in [0.2, 0.25) is 5.78 Å². The number of esters is 1. The number of aromatic amines is 1. The van der Waals surface area contributed by atoms with E-state index >= 15 is 0 Å². The Kier molecular flexibility index (Phi) is 4.64. The van der Waals surface area contributed by atoms with Gasteiger partial charge in [-0.1, -0.05) is 63.2 Å². The molecule has 0 radical (unpaired) electrons. The highest BCUT2D eigenvalue weighted by Gasteiger charge is 2.23. The van der Waals surface area contributed by atoms with Crippen LogP contribution in [0, 0.1) is 0 Å². The molecule has 0 aliphatic rings. The number of hydrogen-bond donors (Lipinski definition) is 1. The van der Waals surface area contributed by atoms with Crippen LogP contribution >= 0.6 is 0 Å². The Hall–Kier alpha value is -2.95. The first-order chi connectivity index (χ1) is 12.3. The number of hydrogen-bond acceptors (Lipinski definition) is 4. The van der Waals surface area contributed by atoms with Gasteiger partial charge >= 0.3 is 5.97 Å². The van der Waals surface area contributed by atoms with Gasteiger partial charge in [-0.05, 0) is 24.0 Å². The van der Waals surface area contributed by atoms with E-state index < -0.39 is 12.1 Å². The van der Waals surface area contributed by atoms with Crippen molar-refractivity contribution in [2.75, 3.05) is 0 Å². The van der Waals surface area contributed by atoms with Crippen LogP contribution in [-0.2, 0) is 10.2 Å². The minimum atomic E-state index is -0.890. The number of rotatable bonds is 4. The quantitative estimate of drug-likeness (QED) is 0.563. The molecule has 1 aromatic heterocycles. The van der Waals surface area contributed by atoms with E-state index in [0.29, 0.717) is 10.9 Å². The van der Waals surface area contributed by atoms with Gasteiger partial charge in [0, 0.05) is 10.9 Å². The van der Waals surface area contributed by atoms with Crippen molar-refractivity contribution in [2.45, 2.75) is 39.2 Å². The van der Waals surface area contributed by atoms with Gasteiger partial charge in [-0.3, -0.25) is 9.89 Å². The van der Waals surface area contributed by atoms with Crippen molar-refractivity contribution in [3.05, 3.63) is 65.4 Å². The molecule has 0 amide bonds. The van der Waals surface area contributed by atoms with Crippen molar-refractivity contribution in [1.82, 2.24) is 10.2 Å². The van der Waals surface area contributed by atoms with Crippen LogP contribution in [0.4, 0.5) is 0 Å². The molecule has 1 heterocycles. The summed E-state index contributed by atoms with van der Waals surface area (Å²) in [5.74, 6) is -0.853. The molecule has 0 saturated heterocycles. The summed E-state index contributed by atoms with van der Waals surface area (Å²) in [6.45, 7) is 7.92. The van der Waals surface area contributed by atoms with Gasteiger partial charge in [0.05, 0.1) is 5.52 Å². The lowest BCUT2D eigenvalue weighted by atomic mass is 9.86. The molecule has 0 fully saturated rings. The summed E-state index contributed by atoms with van der Waals surface area (Å²) in [6.07, 6.45) is -0.890. The second kappa shape index (κ2) is 6.75. The molecular formula is C21H22N2O3. The molecule has 3 aromatic rings. The van der Waals surface area contributed by atoms with Gasteiger partial charge in [-0.2, -0.15) is 5.10 Å². The van der Waals surface area contributed by atoms with Crippen LogP contribution < -0.4 is 0 Å². The molecule has 0 unspecified atom stereocenters. The van der Waals surface area contributed by atoms with E-state index in [1.165, 1.54) is 0 Å². The first-order valence-corrected chi connectivity index (χ1v) is 8.56. The number of fused-ring (bicyclic) bond motifs is 1. The lowest BCUT2D eigenvalue weighted by molar-refractivity contribution is 0.0315. The molecule has 5 heteroatoms. The highest BCUT2D eigenvalue weighted by atomic mass is 16.5. The number of Topliss-reactive ketones (excluding diaryl/α,β-unsaturated/α-hetero) is 1. The number of ketones is 1. The number of carbonyl (C=O) groups excluding carboxylic acids is 2. The van der Waals surface area contributed by atoms with Crippen molar-refractivity contribution in [3.8, 4) is 0 Å². The zero-order valence-corrected chi connectivity index (χ0v) is 15.4. The number of nitrogens with one attached hydrogen (secondary N) is 1. The van der Waals surface area contributed by atoms with E-state index in [-0.39, 0.29) is 16.9 Å². The van der Waals surface area contributed by atoms with Crippen molar-refractivity contribution in [2.24, 2.45) is 0 Å². The number of nitrogens with zero attached hydrogens (tertiary/aromatic N) is 1. The van der Waals surface area contributed by atoms with Gasteiger partial charge < -0.3 is 4.74 Å². The fourth-order valence-corrected chi connectivity index (χ4v) is 2.76. The van der Waals surface area contributed by atoms with Crippen LogP contribution in [0.25, 0.3) is 10.9 Å². The maximum Gasteiger partial charge on any atom is 0.360 e. The summed E-state index contributed by atoms with van der Waals surface area (Å²) in [5.41, 5.74) is 2.60. The number of para-hydroxylation sites is 1.